The average molecular weight is 400 g/mol. The van der Waals surface area contributed by atoms with Gasteiger partial charge in [0.15, 0.2) is 0 Å². The summed E-state index contributed by atoms with van der Waals surface area (Å²) in [4.78, 5) is 6.29. The molecule has 25 heavy (non-hydrogen) atoms. The van der Waals surface area contributed by atoms with Gasteiger partial charge in [-0.2, -0.15) is 0 Å². The van der Waals surface area contributed by atoms with E-state index in [0.717, 1.165) is 42.9 Å². The van der Waals surface area contributed by atoms with Crippen LogP contribution in [0.15, 0.2) is 41.4 Å². The summed E-state index contributed by atoms with van der Waals surface area (Å²) >= 11 is 12.3. The lowest BCUT2D eigenvalue weighted by molar-refractivity contribution is 0.401. The van der Waals surface area contributed by atoms with Gasteiger partial charge in [0.05, 0.1) is 0 Å². The first-order valence-electron chi connectivity index (χ1n) is 8.01. The van der Waals surface area contributed by atoms with Gasteiger partial charge in [-0.1, -0.05) is 23.2 Å². The standard InChI is InChI=1S/C17H19Cl2N3O2S/c18-14-3-4-15(19)13(11-14)10-12-5-8-22(9-6-12)17-16(25(20,23)24)2-1-7-21-17/h1-4,7,11-12H,5-6,8-10H2,(H2,20,23,24). The summed E-state index contributed by atoms with van der Waals surface area (Å²) in [5, 5.41) is 6.72. The molecule has 1 aromatic heterocycles. The van der Waals surface area contributed by atoms with E-state index in [1.165, 1.54) is 6.07 Å². The number of sulfonamides is 1. The number of hydrogen-bond acceptors (Lipinski definition) is 4. The fourth-order valence-electron chi connectivity index (χ4n) is 3.20. The van der Waals surface area contributed by atoms with Crippen molar-refractivity contribution in [1.29, 1.82) is 0 Å². The number of hydrogen-bond donors (Lipinski definition) is 1. The quantitative estimate of drug-likeness (QED) is 0.853. The van der Waals surface area contributed by atoms with Crippen LogP contribution in [0.25, 0.3) is 0 Å². The van der Waals surface area contributed by atoms with Crippen molar-refractivity contribution >= 4 is 39.0 Å². The third-order valence-electron chi connectivity index (χ3n) is 4.49. The highest BCUT2D eigenvalue weighted by atomic mass is 35.5. The smallest absolute Gasteiger partial charge is 0.241 e. The van der Waals surface area contributed by atoms with Crippen molar-refractivity contribution in [3.8, 4) is 0 Å². The fourth-order valence-corrected chi connectivity index (χ4v) is 4.30. The van der Waals surface area contributed by atoms with Crippen molar-refractivity contribution in [3.05, 3.63) is 52.1 Å². The second kappa shape index (κ2) is 7.50. The van der Waals surface area contributed by atoms with Gasteiger partial charge < -0.3 is 4.90 Å². The maximum atomic E-state index is 11.8. The van der Waals surface area contributed by atoms with Crippen LogP contribution in [0, 0.1) is 5.92 Å². The van der Waals surface area contributed by atoms with Gasteiger partial charge in [-0.25, -0.2) is 18.5 Å². The molecule has 2 N–H and O–H groups in total. The summed E-state index contributed by atoms with van der Waals surface area (Å²) < 4.78 is 23.5. The molecule has 0 amide bonds. The highest BCUT2D eigenvalue weighted by Gasteiger charge is 2.25. The molecule has 134 valence electrons. The Bertz CT molecular complexity index is 866. The van der Waals surface area contributed by atoms with E-state index in [0.29, 0.717) is 16.8 Å². The Kier molecular flexibility index (Phi) is 5.53. The molecule has 1 aromatic carbocycles. The predicted octanol–water partition coefficient (Wildman–Crippen LogP) is 3.49. The van der Waals surface area contributed by atoms with E-state index in [4.69, 9.17) is 28.3 Å². The van der Waals surface area contributed by atoms with E-state index in [1.54, 1.807) is 18.3 Å². The molecule has 1 saturated heterocycles. The van der Waals surface area contributed by atoms with Crippen LogP contribution in [0.5, 0.6) is 0 Å². The molecule has 0 saturated carbocycles. The number of aromatic nitrogens is 1. The third kappa shape index (κ3) is 4.44. The maximum Gasteiger partial charge on any atom is 0.241 e. The summed E-state index contributed by atoms with van der Waals surface area (Å²) in [6, 6.07) is 8.59. The van der Waals surface area contributed by atoms with Crippen molar-refractivity contribution < 1.29 is 8.42 Å². The van der Waals surface area contributed by atoms with Crippen molar-refractivity contribution in [3.63, 3.8) is 0 Å². The number of piperidine rings is 1. The number of nitrogens with zero attached hydrogens (tertiary/aromatic N) is 2. The Balaban J connectivity index is 1.70. The van der Waals surface area contributed by atoms with Crippen LogP contribution in [0.4, 0.5) is 5.82 Å². The maximum absolute atomic E-state index is 11.8. The molecule has 8 heteroatoms. The minimum Gasteiger partial charge on any atom is -0.355 e. The van der Waals surface area contributed by atoms with Crippen LogP contribution < -0.4 is 10.0 Å². The summed E-state index contributed by atoms with van der Waals surface area (Å²) in [7, 11) is -3.79. The lowest BCUT2D eigenvalue weighted by Gasteiger charge is -2.33. The number of halogens is 2. The van der Waals surface area contributed by atoms with Gasteiger partial charge in [-0.3, -0.25) is 0 Å². The summed E-state index contributed by atoms with van der Waals surface area (Å²) in [5.41, 5.74) is 1.05. The molecule has 1 aliphatic rings. The van der Waals surface area contributed by atoms with Crippen LogP contribution in [-0.4, -0.2) is 26.5 Å². The van der Waals surface area contributed by atoms with Gasteiger partial charge in [-0.05, 0) is 61.1 Å². The number of primary sulfonamides is 1. The van der Waals surface area contributed by atoms with Gasteiger partial charge in [0.25, 0.3) is 0 Å². The Labute approximate surface area is 157 Å². The van der Waals surface area contributed by atoms with Crippen molar-refractivity contribution in [2.75, 3.05) is 18.0 Å². The van der Waals surface area contributed by atoms with Crippen LogP contribution in [-0.2, 0) is 16.4 Å². The Morgan fingerprint density at radius 2 is 1.92 bits per heavy atom. The molecule has 1 aliphatic heterocycles. The number of benzene rings is 1. The predicted molar refractivity (Wildman–Crippen MR) is 101 cm³/mol. The minimum absolute atomic E-state index is 0.0753. The SMILES string of the molecule is NS(=O)(=O)c1cccnc1N1CCC(Cc2cc(Cl)ccc2Cl)CC1. The molecule has 0 atom stereocenters. The number of rotatable bonds is 4. The van der Waals surface area contributed by atoms with Gasteiger partial charge in [-0.15, -0.1) is 0 Å². The lowest BCUT2D eigenvalue weighted by atomic mass is 9.90. The zero-order valence-electron chi connectivity index (χ0n) is 13.5. The highest BCUT2D eigenvalue weighted by Crippen LogP contribution is 2.30. The Hall–Kier alpha value is -1.34. The first-order chi connectivity index (χ1) is 11.8. The minimum atomic E-state index is -3.79. The van der Waals surface area contributed by atoms with E-state index in [2.05, 4.69) is 4.98 Å². The Morgan fingerprint density at radius 3 is 2.60 bits per heavy atom. The summed E-state index contributed by atoms with van der Waals surface area (Å²) in [5.74, 6) is 0.901. The molecule has 0 spiro atoms. The number of nitrogens with two attached hydrogens (primary N) is 1. The van der Waals surface area contributed by atoms with Gasteiger partial charge >= 0.3 is 0 Å². The monoisotopic (exact) mass is 399 g/mol. The van der Waals surface area contributed by atoms with E-state index < -0.39 is 10.0 Å². The average Bonchev–Trinajstić information content (AvgIpc) is 2.58. The molecular weight excluding hydrogens is 381 g/mol. The van der Waals surface area contributed by atoms with E-state index >= 15 is 0 Å². The topological polar surface area (TPSA) is 76.3 Å². The first kappa shape index (κ1) is 18.5. The second-order valence-electron chi connectivity index (χ2n) is 6.24. The second-order valence-corrected chi connectivity index (χ2v) is 8.61. The largest absolute Gasteiger partial charge is 0.355 e. The van der Waals surface area contributed by atoms with Crippen molar-refractivity contribution in [2.24, 2.45) is 11.1 Å². The zero-order valence-corrected chi connectivity index (χ0v) is 15.9. The Morgan fingerprint density at radius 1 is 1.20 bits per heavy atom. The molecule has 1 fully saturated rings. The van der Waals surface area contributed by atoms with Gasteiger partial charge in [0, 0.05) is 29.3 Å². The molecule has 0 unspecified atom stereocenters. The molecule has 0 bridgehead atoms. The van der Waals surface area contributed by atoms with E-state index in [9.17, 15) is 8.42 Å². The zero-order chi connectivity index (χ0) is 18.0. The molecule has 3 rings (SSSR count). The van der Waals surface area contributed by atoms with Gasteiger partial charge in [0.2, 0.25) is 10.0 Å². The van der Waals surface area contributed by atoms with Crippen LogP contribution in [0.3, 0.4) is 0 Å². The van der Waals surface area contributed by atoms with Crippen molar-refractivity contribution in [1.82, 2.24) is 4.98 Å². The number of anilines is 1. The molecule has 2 heterocycles. The molecular formula is C17H19Cl2N3O2S. The summed E-state index contributed by atoms with van der Waals surface area (Å²) in [6.07, 6.45) is 4.28. The van der Waals surface area contributed by atoms with Crippen molar-refractivity contribution in [2.45, 2.75) is 24.2 Å². The van der Waals surface area contributed by atoms with Crippen LogP contribution in [0.2, 0.25) is 10.0 Å². The number of pyridine rings is 1. The molecule has 0 radical (unpaired) electrons. The normalized spacial score (nSPS) is 16.2. The summed E-state index contributed by atoms with van der Waals surface area (Å²) in [6.45, 7) is 1.45. The molecule has 5 nitrogen and oxygen atoms in total. The third-order valence-corrected chi connectivity index (χ3v) is 6.02. The molecule has 2 aromatic rings. The van der Waals surface area contributed by atoms with Crippen LogP contribution in [0.1, 0.15) is 18.4 Å². The first-order valence-corrected chi connectivity index (χ1v) is 10.3. The highest BCUT2D eigenvalue weighted by molar-refractivity contribution is 7.89. The van der Waals surface area contributed by atoms with E-state index in [1.807, 2.05) is 17.0 Å². The van der Waals surface area contributed by atoms with Crippen LogP contribution >= 0.6 is 23.2 Å². The van der Waals surface area contributed by atoms with E-state index in [-0.39, 0.29) is 4.90 Å². The fraction of sp³-hybridized carbons (Fsp3) is 0.353. The lowest BCUT2D eigenvalue weighted by Crippen LogP contribution is -2.36. The molecule has 0 aliphatic carbocycles. The van der Waals surface area contributed by atoms with Gasteiger partial charge in [0.1, 0.15) is 10.7 Å².